The number of oxime groups is 1. The number of aryl methyl sites for hydroxylation is 1. The lowest BCUT2D eigenvalue weighted by molar-refractivity contribution is -0.116. The Balaban J connectivity index is 1.57. The summed E-state index contributed by atoms with van der Waals surface area (Å²) in [5, 5.41) is 5.74. The van der Waals surface area contributed by atoms with Crippen LogP contribution in [-0.4, -0.2) is 40.7 Å². The molecule has 0 saturated heterocycles. The van der Waals surface area contributed by atoms with Crippen molar-refractivity contribution in [2.45, 2.75) is 38.5 Å². The summed E-state index contributed by atoms with van der Waals surface area (Å²) in [5.74, 6) is -0.174. The number of alkyl halides is 2. The van der Waals surface area contributed by atoms with Crippen molar-refractivity contribution < 1.29 is 23.1 Å². The number of fused-ring (bicyclic) bond motifs is 3. The number of benzene rings is 1. The van der Waals surface area contributed by atoms with E-state index in [-0.39, 0.29) is 18.7 Å². The Bertz CT molecular complexity index is 1270. The van der Waals surface area contributed by atoms with Crippen molar-refractivity contribution in [3.05, 3.63) is 47.6 Å². The number of carbonyl (C=O) groups is 1. The number of hydrogen-bond acceptors (Lipinski definition) is 7. The molecule has 0 saturated carbocycles. The largest absolute Gasteiger partial charge is 0.494 e. The fourth-order valence-electron chi connectivity index (χ4n) is 4.20. The summed E-state index contributed by atoms with van der Waals surface area (Å²) in [6.45, 7) is 3.01. The van der Waals surface area contributed by atoms with E-state index in [4.69, 9.17) is 10.5 Å². The number of hydrogen-bond donors (Lipinski definition) is 2. The molecule has 2 heterocycles. The minimum atomic E-state index is -2.84. The molecular weight excluding hydrogens is 446 g/mol. The summed E-state index contributed by atoms with van der Waals surface area (Å²) >= 11 is 0. The van der Waals surface area contributed by atoms with Crippen LogP contribution in [0.25, 0.3) is 16.7 Å². The molecule has 9 nitrogen and oxygen atoms in total. The highest BCUT2D eigenvalue weighted by atomic mass is 19.3. The number of anilines is 2. The minimum Gasteiger partial charge on any atom is -0.494 e. The predicted octanol–water partition coefficient (Wildman–Crippen LogP) is 4.00. The van der Waals surface area contributed by atoms with E-state index >= 15 is 0 Å². The van der Waals surface area contributed by atoms with Gasteiger partial charge in [-0.3, -0.25) is 4.79 Å². The van der Waals surface area contributed by atoms with Gasteiger partial charge in [0.15, 0.2) is 11.6 Å². The number of methoxy groups -OCH3 is 1. The molecule has 3 aromatic rings. The maximum Gasteiger partial charge on any atom is 0.297 e. The van der Waals surface area contributed by atoms with Crippen LogP contribution in [0.3, 0.4) is 0 Å². The molecule has 1 aromatic carbocycles. The summed E-state index contributed by atoms with van der Waals surface area (Å²) in [4.78, 5) is 25.4. The first-order chi connectivity index (χ1) is 16.4. The summed E-state index contributed by atoms with van der Waals surface area (Å²) in [6, 6.07) is 5.38. The molecule has 0 fully saturated rings. The zero-order chi connectivity index (χ0) is 24.2. The second-order valence-electron chi connectivity index (χ2n) is 7.67. The smallest absolute Gasteiger partial charge is 0.297 e. The van der Waals surface area contributed by atoms with E-state index in [0.717, 1.165) is 47.8 Å². The van der Waals surface area contributed by atoms with E-state index in [0.29, 0.717) is 17.3 Å². The molecule has 3 N–H and O–H groups in total. The Labute approximate surface area is 194 Å². The minimum absolute atomic E-state index is 0.0365. The Morgan fingerprint density at radius 3 is 2.94 bits per heavy atom. The van der Waals surface area contributed by atoms with Gasteiger partial charge in [0.2, 0.25) is 5.91 Å². The number of amides is 1. The van der Waals surface area contributed by atoms with Crippen molar-refractivity contribution in [1.82, 2.24) is 14.5 Å². The predicted molar refractivity (Wildman–Crippen MR) is 124 cm³/mol. The van der Waals surface area contributed by atoms with Gasteiger partial charge in [-0.15, -0.1) is 0 Å². The third kappa shape index (κ3) is 4.41. The molecule has 0 atom stereocenters. The molecule has 1 aliphatic carbocycles. The Kier molecular flexibility index (Phi) is 6.71. The van der Waals surface area contributed by atoms with E-state index in [1.807, 2.05) is 10.6 Å². The first-order valence-corrected chi connectivity index (χ1v) is 10.7. The highest BCUT2D eigenvalue weighted by molar-refractivity contribution is 5.94. The Morgan fingerprint density at radius 1 is 1.38 bits per heavy atom. The van der Waals surface area contributed by atoms with Gasteiger partial charge in [-0.25, -0.2) is 18.7 Å². The van der Waals surface area contributed by atoms with Gasteiger partial charge in [0, 0.05) is 30.6 Å². The van der Waals surface area contributed by atoms with Gasteiger partial charge in [-0.05, 0) is 49.5 Å². The molecule has 0 unspecified atom stereocenters. The molecule has 0 bridgehead atoms. The van der Waals surface area contributed by atoms with Crippen LogP contribution in [-0.2, 0) is 22.5 Å². The van der Waals surface area contributed by atoms with Crippen molar-refractivity contribution in [3.8, 4) is 11.4 Å². The second-order valence-corrected chi connectivity index (χ2v) is 7.67. The number of allylic oxidation sites excluding steroid dienone is 2. The molecule has 0 radical (unpaired) electrons. The van der Waals surface area contributed by atoms with Gasteiger partial charge in [0.05, 0.1) is 18.3 Å². The van der Waals surface area contributed by atoms with Crippen molar-refractivity contribution in [1.29, 1.82) is 0 Å². The monoisotopic (exact) mass is 470 g/mol. The van der Waals surface area contributed by atoms with Gasteiger partial charge in [0.25, 0.3) is 6.43 Å². The Hall–Kier alpha value is -4.02. The lowest BCUT2D eigenvalue weighted by Gasteiger charge is -2.15. The topological polar surface area (TPSA) is 117 Å². The van der Waals surface area contributed by atoms with Crippen molar-refractivity contribution >= 4 is 35.2 Å². The highest BCUT2D eigenvalue weighted by Crippen LogP contribution is 2.38. The SMILES string of the molecule is C=NO/C(=C\CCC(=O)Nc1ccc(-n2c3c(c4ncnc(N)c42)CCC3)cc1OC)C(F)F. The lowest BCUT2D eigenvalue weighted by atomic mass is 10.2. The summed E-state index contributed by atoms with van der Waals surface area (Å²) in [6.07, 6.45) is 2.61. The molecule has 0 spiro atoms. The molecular formula is C23H24F2N6O3. The van der Waals surface area contributed by atoms with Crippen LogP contribution in [0, 0.1) is 0 Å². The molecule has 178 valence electrons. The zero-order valence-electron chi connectivity index (χ0n) is 18.6. The first-order valence-electron chi connectivity index (χ1n) is 10.7. The summed E-state index contributed by atoms with van der Waals surface area (Å²) in [5.41, 5.74) is 11.4. The molecule has 11 heteroatoms. The van der Waals surface area contributed by atoms with E-state index in [1.165, 1.54) is 19.0 Å². The number of nitrogens with one attached hydrogen (secondary N) is 1. The van der Waals surface area contributed by atoms with Crippen LogP contribution in [0.2, 0.25) is 0 Å². The maximum absolute atomic E-state index is 12.8. The Morgan fingerprint density at radius 2 is 2.21 bits per heavy atom. The average molecular weight is 470 g/mol. The fraction of sp³-hybridized carbons (Fsp3) is 0.304. The van der Waals surface area contributed by atoms with Crippen LogP contribution in [0.15, 0.2) is 41.5 Å². The number of nitrogen functional groups attached to an aromatic ring is 1. The van der Waals surface area contributed by atoms with E-state index < -0.39 is 12.2 Å². The number of ether oxygens (including phenoxy) is 1. The van der Waals surface area contributed by atoms with Crippen LogP contribution < -0.4 is 15.8 Å². The average Bonchev–Trinajstić information content (AvgIpc) is 3.40. The number of aromatic nitrogens is 3. The van der Waals surface area contributed by atoms with Crippen molar-refractivity contribution in [3.63, 3.8) is 0 Å². The number of nitrogens with zero attached hydrogens (tertiary/aromatic N) is 4. The first kappa shape index (κ1) is 23.1. The van der Waals surface area contributed by atoms with Crippen LogP contribution in [0.4, 0.5) is 20.3 Å². The van der Waals surface area contributed by atoms with Gasteiger partial charge in [0.1, 0.15) is 17.6 Å². The normalized spacial score (nSPS) is 13.2. The molecule has 1 aliphatic rings. The standard InChI is InChI=1S/C23H24F2N6O3/c1-27-34-17(22(24)25)7-4-8-19(32)30-15-10-9-13(11-18(15)33-2)31-16-6-3-5-14(16)20-21(31)23(26)29-12-28-20/h7,9-12,22H,1,3-6,8H2,2H3,(H,30,32)(H2,26,28,29)/b17-7-. The third-order valence-corrected chi connectivity index (χ3v) is 5.64. The number of halogens is 2. The zero-order valence-corrected chi connectivity index (χ0v) is 18.6. The van der Waals surface area contributed by atoms with Gasteiger partial charge < -0.3 is 25.2 Å². The molecule has 2 aromatic heterocycles. The molecule has 1 amide bonds. The van der Waals surface area contributed by atoms with Crippen LogP contribution in [0.5, 0.6) is 5.75 Å². The van der Waals surface area contributed by atoms with Gasteiger partial charge in [-0.1, -0.05) is 5.16 Å². The van der Waals surface area contributed by atoms with Crippen LogP contribution >= 0.6 is 0 Å². The van der Waals surface area contributed by atoms with E-state index in [1.54, 1.807) is 12.1 Å². The van der Waals surface area contributed by atoms with E-state index in [9.17, 15) is 13.6 Å². The fourth-order valence-corrected chi connectivity index (χ4v) is 4.20. The van der Waals surface area contributed by atoms with Gasteiger partial charge in [-0.2, -0.15) is 0 Å². The summed E-state index contributed by atoms with van der Waals surface area (Å²) < 4.78 is 33.2. The molecule has 4 rings (SSSR count). The number of carbonyl (C=O) groups excluding carboxylic acids is 1. The van der Waals surface area contributed by atoms with Crippen LogP contribution in [0.1, 0.15) is 30.5 Å². The van der Waals surface area contributed by atoms with Crippen molar-refractivity contribution in [2.75, 3.05) is 18.2 Å². The van der Waals surface area contributed by atoms with Crippen molar-refractivity contribution in [2.24, 2.45) is 5.16 Å². The second kappa shape index (κ2) is 9.86. The quantitative estimate of drug-likeness (QED) is 0.277. The van der Waals surface area contributed by atoms with Gasteiger partial charge >= 0.3 is 0 Å². The summed E-state index contributed by atoms with van der Waals surface area (Å²) in [7, 11) is 1.50. The highest BCUT2D eigenvalue weighted by Gasteiger charge is 2.25. The molecule has 34 heavy (non-hydrogen) atoms. The third-order valence-electron chi connectivity index (χ3n) is 5.64. The number of rotatable bonds is 9. The lowest BCUT2D eigenvalue weighted by Crippen LogP contribution is -2.12. The number of nitrogens with two attached hydrogens (primary N) is 1. The van der Waals surface area contributed by atoms with E-state index in [2.05, 4.69) is 32.0 Å². The maximum atomic E-state index is 12.8. The molecule has 0 aliphatic heterocycles.